The number of rotatable bonds is 3. The van der Waals surface area contributed by atoms with E-state index < -0.39 is 42.2 Å². The molecule has 1 aliphatic heterocycles. The molecule has 0 aromatic carbocycles. The number of ether oxygens (including phenoxy) is 2. The summed E-state index contributed by atoms with van der Waals surface area (Å²) in [7, 11) is 0. The van der Waals surface area contributed by atoms with Gasteiger partial charge in [0.05, 0.1) is 19.1 Å². The monoisotopic (exact) mass is 394 g/mol. The molecular formula is C20H30F4O3. The molecule has 27 heavy (non-hydrogen) atoms. The Bertz CT molecular complexity index is 508. The van der Waals surface area contributed by atoms with E-state index in [4.69, 9.17) is 9.47 Å². The van der Waals surface area contributed by atoms with E-state index >= 15 is 0 Å². The van der Waals surface area contributed by atoms with Gasteiger partial charge in [-0.05, 0) is 43.4 Å². The summed E-state index contributed by atoms with van der Waals surface area (Å²) in [6.45, 7) is 4.36. The predicted octanol–water partition coefficient (Wildman–Crippen LogP) is 4.93. The molecule has 3 aliphatic rings. The SMILES string of the molecule is CC1CCC(C2COC(C(=O)C3CCC(C)C(F)C3C(F)(F)F)OC2)CC1. The van der Waals surface area contributed by atoms with Crippen LogP contribution in [0.4, 0.5) is 17.6 Å². The second kappa shape index (κ2) is 8.36. The second-order valence-corrected chi connectivity index (χ2v) is 8.85. The minimum Gasteiger partial charge on any atom is -0.346 e. The number of hydrogen-bond donors (Lipinski definition) is 0. The van der Waals surface area contributed by atoms with Crippen LogP contribution in [0.5, 0.6) is 0 Å². The van der Waals surface area contributed by atoms with Crippen LogP contribution in [0.2, 0.25) is 0 Å². The minimum absolute atomic E-state index is 0.0256. The molecule has 0 amide bonds. The molecule has 3 nitrogen and oxygen atoms in total. The first-order chi connectivity index (χ1) is 12.7. The van der Waals surface area contributed by atoms with Crippen LogP contribution in [0.15, 0.2) is 0 Å². The molecule has 1 heterocycles. The third-order valence-corrected chi connectivity index (χ3v) is 6.88. The largest absolute Gasteiger partial charge is 0.395 e. The first-order valence-electron chi connectivity index (χ1n) is 10.2. The molecule has 0 aromatic heterocycles. The van der Waals surface area contributed by atoms with Crippen LogP contribution < -0.4 is 0 Å². The van der Waals surface area contributed by atoms with Crippen LogP contribution in [0.3, 0.4) is 0 Å². The summed E-state index contributed by atoms with van der Waals surface area (Å²) in [5.41, 5.74) is 0. The number of alkyl halides is 4. The molecular weight excluding hydrogens is 364 g/mol. The molecule has 156 valence electrons. The van der Waals surface area contributed by atoms with E-state index in [-0.39, 0.29) is 18.8 Å². The van der Waals surface area contributed by atoms with E-state index in [2.05, 4.69) is 6.92 Å². The lowest BCUT2D eigenvalue weighted by Crippen LogP contribution is -2.51. The zero-order valence-electron chi connectivity index (χ0n) is 16.0. The number of ketones is 1. The molecule has 4 unspecified atom stereocenters. The van der Waals surface area contributed by atoms with Gasteiger partial charge < -0.3 is 9.47 Å². The van der Waals surface area contributed by atoms with Crippen molar-refractivity contribution in [2.24, 2.45) is 35.5 Å². The van der Waals surface area contributed by atoms with E-state index in [1.807, 2.05) is 0 Å². The normalized spacial score (nSPS) is 44.1. The maximum absolute atomic E-state index is 14.3. The summed E-state index contributed by atoms with van der Waals surface area (Å²) in [5.74, 6) is -3.75. The van der Waals surface area contributed by atoms with Crippen molar-refractivity contribution in [1.82, 2.24) is 0 Å². The maximum atomic E-state index is 14.3. The van der Waals surface area contributed by atoms with Gasteiger partial charge in [-0.15, -0.1) is 0 Å². The lowest BCUT2D eigenvalue weighted by Gasteiger charge is -2.41. The van der Waals surface area contributed by atoms with E-state index in [1.54, 1.807) is 0 Å². The van der Waals surface area contributed by atoms with Crippen LogP contribution in [0.1, 0.15) is 52.4 Å². The number of halogens is 4. The van der Waals surface area contributed by atoms with Gasteiger partial charge in [-0.3, -0.25) is 4.79 Å². The number of carbonyl (C=O) groups is 1. The smallest absolute Gasteiger partial charge is 0.346 e. The van der Waals surface area contributed by atoms with Gasteiger partial charge in [-0.1, -0.05) is 26.7 Å². The fourth-order valence-corrected chi connectivity index (χ4v) is 4.97. The Morgan fingerprint density at radius 2 is 1.48 bits per heavy atom. The Labute approximate surface area is 158 Å². The Balaban J connectivity index is 1.59. The standard InChI is InChI=1S/C20H30F4O3/c1-11-3-6-13(7-4-11)14-9-26-19(27-10-14)18(25)15-8-5-12(2)17(21)16(15)20(22,23)24/h11-17,19H,3-10H2,1-2H3. The minimum atomic E-state index is -4.75. The average molecular weight is 394 g/mol. The molecule has 0 radical (unpaired) electrons. The molecule has 0 bridgehead atoms. The highest BCUT2D eigenvalue weighted by molar-refractivity contribution is 5.85. The topological polar surface area (TPSA) is 35.5 Å². The average Bonchev–Trinajstić information content (AvgIpc) is 2.63. The Morgan fingerprint density at radius 3 is 2.04 bits per heavy atom. The maximum Gasteiger partial charge on any atom is 0.395 e. The third-order valence-electron chi connectivity index (χ3n) is 6.88. The molecule has 3 rings (SSSR count). The van der Waals surface area contributed by atoms with E-state index in [0.717, 1.165) is 31.6 Å². The van der Waals surface area contributed by atoms with Crippen LogP contribution in [-0.2, 0) is 14.3 Å². The first kappa shape index (κ1) is 21.0. The molecule has 2 aliphatic carbocycles. The van der Waals surface area contributed by atoms with Crippen LogP contribution in [-0.4, -0.2) is 37.6 Å². The van der Waals surface area contributed by atoms with Crippen molar-refractivity contribution in [2.75, 3.05) is 13.2 Å². The molecule has 7 heteroatoms. The van der Waals surface area contributed by atoms with Crippen LogP contribution >= 0.6 is 0 Å². The number of carbonyl (C=O) groups excluding carboxylic acids is 1. The van der Waals surface area contributed by atoms with Gasteiger partial charge in [-0.25, -0.2) is 4.39 Å². The number of Topliss-reactive ketones (excluding diaryl/α,β-unsaturated/α-hetero) is 1. The van der Waals surface area contributed by atoms with E-state index in [9.17, 15) is 22.4 Å². The van der Waals surface area contributed by atoms with Crippen molar-refractivity contribution in [3.05, 3.63) is 0 Å². The first-order valence-corrected chi connectivity index (χ1v) is 10.2. The van der Waals surface area contributed by atoms with Crippen molar-refractivity contribution in [1.29, 1.82) is 0 Å². The van der Waals surface area contributed by atoms with Crippen molar-refractivity contribution in [2.45, 2.75) is 71.0 Å². The van der Waals surface area contributed by atoms with Gasteiger partial charge in [0.25, 0.3) is 0 Å². The summed E-state index contributed by atoms with van der Waals surface area (Å²) in [4.78, 5) is 12.7. The summed E-state index contributed by atoms with van der Waals surface area (Å²) < 4.78 is 65.6. The van der Waals surface area contributed by atoms with Crippen LogP contribution in [0.25, 0.3) is 0 Å². The summed E-state index contributed by atoms with van der Waals surface area (Å²) in [6.07, 6.45) is -3.30. The molecule has 4 atom stereocenters. The fourth-order valence-electron chi connectivity index (χ4n) is 4.97. The highest BCUT2D eigenvalue weighted by Gasteiger charge is 2.56. The summed E-state index contributed by atoms with van der Waals surface area (Å²) in [5, 5.41) is 0. The Morgan fingerprint density at radius 1 is 0.889 bits per heavy atom. The van der Waals surface area contributed by atoms with Crippen molar-refractivity contribution >= 4 is 5.78 Å². The third kappa shape index (κ3) is 4.66. The lowest BCUT2D eigenvalue weighted by molar-refractivity contribution is -0.237. The van der Waals surface area contributed by atoms with E-state index in [1.165, 1.54) is 6.92 Å². The van der Waals surface area contributed by atoms with Crippen molar-refractivity contribution in [3.8, 4) is 0 Å². The molecule has 0 N–H and O–H groups in total. The lowest BCUT2D eigenvalue weighted by atomic mass is 9.71. The highest BCUT2D eigenvalue weighted by atomic mass is 19.4. The molecule has 2 saturated carbocycles. The zero-order valence-corrected chi connectivity index (χ0v) is 16.0. The van der Waals surface area contributed by atoms with Crippen molar-refractivity contribution in [3.63, 3.8) is 0 Å². The number of hydrogen-bond acceptors (Lipinski definition) is 3. The zero-order chi connectivity index (χ0) is 19.8. The summed E-state index contributed by atoms with van der Waals surface area (Å²) in [6, 6.07) is 0. The fraction of sp³-hybridized carbons (Fsp3) is 0.950. The second-order valence-electron chi connectivity index (χ2n) is 8.85. The Kier molecular flexibility index (Phi) is 6.51. The van der Waals surface area contributed by atoms with Gasteiger partial charge >= 0.3 is 6.18 Å². The van der Waals surface area contributed by atoms with Crippen LogP contribution in [0, 0.1) is 35.5 Å². The van der Waals surface area contributed by atoms with Gasteiger partial charge in [0.15, 0.2) is 5.78 Å². The molecule has 1 saturated heterocycles. The highest BCUT2D eigenvalue weighted by Crippen LogP contribution is 2.46. The molecule has 0 aromatic rings. The van der Waals surface area contributed by atoms with Gasteiger partial charge in [0.1, 0.15) is 6.17 Å². The van der Waals surface area contributed by atoms with Crippen molar-refractivity contribution < 1.29 is 31.8 Å². The quantitative estimate of drug-likeness (QED) is 0.637. The predicted molar refractivity (Wildman–Crippen MR) is 91.6 cm³/mol. The van der Waals surface area contributed by atoms with Gasteiger partial charge in [-0.2, -0.15) is 13.2 Å². The van der Waals surface area contributed by atoms with Gasteiger partial charge in [0, 0.05) is 11.8 Å². The van der Waals surface area contributed by atoms with E-state index in [0.29, 0.717) is 19.1 Å². The summed E-state index contributed by atoms with van der Waals surface area (Å²) >= 11 is 0. The Hall–Kier alpha value is -0.690. The molecule has 3 fully saturated rings. The molecule has 0 spiro atoms. The van der Waals surface area contributed by atoms with Gasteiger partial charge in [0.2, 0.25) is 6.29 Å².